The van der Waals surface area contributed by atoms with E-state index >= 15 is 0 Å². The number of ether oxygens (including phenoxy) is 1. The summed E-state index contributed by atoms with van der Waals surface area (Å²) in [5, 5.41) is 1.44. The summed E-state index contributed by atoms with van der Waals surface area (Å²) in [5.41, 5.74) is 7.05. The van der Waals surface area contributed by atoms with Crippen molar-refractivity contribution in [2.75, 3.05) is 14.2 Å². The number of benzene rings is 2. The summed E-state index contributed by atoms with van der Waals surface area (Å²) in [6, 6.07) is 13.8. The number of hydrogen-bond acceptors (Lipinski definition) is 2. The largest absolute Gasteiger partial charge is 0.497 e. The predicted octanol–water partition coefficient (Wildman–Crippen LogP) is 3.68. The van der Waals surface area contributed by atoms with Gasteiger partial charge in [0.25, 0.3) is 0 Å². The first-order valence-corrected chi connectivity index (χ1v) is 8.22. The van der Waals surface area contributed by atoms with Crippen LogP contribution >= 0.6 is 0 Å². The van der Waals surface area contributed by atoms with Crippen LogP contribution in [0, 0.1) is 0 Å². The third-order valence-corrected chi connectivity index (χ3v) is 5.64. The van der Waals surface area contributed by atoms with Gasteiger partial charge in [-0.15, -0.1) is 0 Å². The summed E-state index contributed by atoms with van der Waals surface area (Å²) in [7, 11) is 3.99. The van der Waals surface area contributed by atoms with Gasteiger partial charge < -0.3 is 9.72 Å². The molecule has 0 bridgehead atoms. The molecule has 2 aliphatic rings. The highest BCUT2D eigenvalue weighted by molar-refractivity contribution is 5.89. The molecule has 2 atom stereocenters. The molecule has 0 saturated carbocycles. The van der Waals surface area contributed by atoms with Crippen LogP contribution in [0.5, 0.6) is 5.75 Å². The minimum Gasteiger partial charge on any atom is -0.497 e. The van der Waals surface area contributed by atoms with Gasteiger partial charge in [0.1, 0.15) is 5.75 Å². The van der Waals surface area contributed by atoms with Crippen LogP contribution in [0.1, 0.15) is 28.2 Å². The molecule has 2 aromatic carbocycles. The van der Waals surface area contributed by atoms with Crippen LogP contribution in [0.25, 0.3) is 10.9 Å². The smallest absolute Gasteiger partial charge is 0.119 e. The lowest BCUT2D eigenvalue weighted by molar-refractivity contribution is 0.193. The van der Waals surface area contributed by atoms with Crippen LogP contribution in [0.15, 0.2) is 42.6 Å². The Morgan fingerprint density at radius 3 is 2.91 bits per heavy atom. The van der Waals surface area contributed by atoms with Crippen molar-refractivity contribution in [3.63, 3.8) is 0 Å². The Morgan fingerprint density at radius 2 is 2.04 bits per heavy atom. The molecule has 1 N–H and O–H groups in total. The van der Waals surface area contributed by atoms with E-state index in [1.54, 1.807) is 7.11 Å². The zero-order valence-electron chi connectivity index (χ0n) is 13.5. The number of methoxy groups -OCH3 is 1. The van der Waals surface area contributed by atoms with E-state index in [1.165, 1.54) is 33.2 Å². The number of nitrogens with one attached hydrogen (secondary N) is 1. The maximum absolute atomic E-state index is 5.43. The van der Waals surface area contributed by atoms with E-state index in [1.807, 2.05) is 0 Å². The molecular formula is C20H20N2O. The highest BCUT2D eigenvalue weighted by atomic mass is 16.5. The lowest BCUT2D eigenvalue weighted by atomic mass is 9.72. The molecule has 3 nitrogen and oxygen atoms in total. The average Bonchev–Trinajstić information content (AvgIpc) is 2.99. The first kappa shape index (κ1) is 13.2. The number of aromatic amines is 1. The molecule has 0 spiro atoms. The Morgan fingerprint density at radius 1 is 1.13 bits per heavy atom. The summed E-state index contributed by atoms with van der Waals surface area (Å²) in [5.74, 6) is 1.40. The van der Waals surface area contributed by atoms with Gasteiger partial charge in [-0.1, -0.05) is 18.2 Å². The van der Waals surface area contributed by atoms with Crippen LogP contribution in [0.4, 0.5) is 0 Å². The molecule has 0 radical (unpaired) electrons. The Bertz CT molecular complexity index is 911. The molecule has 1 aliphatic carbocycles. The Labute approximate surface area is 135 Å². The van der Waals surface area contributed by atoms with Crippen LogP contribution in [-0.2, 0) is 13.0 Å². The van der Waals surface area contributed by atoms with Crippen molar-refractivity contribution in [2.24, 2.45) is 0 Å². The van der Waals surface area contributed by atoms with Crippen LogP contribution in [0.2, 0.25) is 0 Å². The summed E-state index contributed by atoms with van der Waals surface area (Å²) < 4.78 is 5.43. The van der Waals surface area contributed by atoms with Crippen LogP contribution in [0.3, 0.4) is 0 Å². The maximum Gasteiger partial charge on any atom is 0.119 e. The number of nitrogens with zero attached hydrogens (tertiary/aromatic N) is 1. The fourth-order valence-electron chi connectivity index (χ4n) is 4.58. The fraction of sp³-hybridized carbons (Fsp3) is 0.300. The third kappa shape index (κ3) is 1.74. The van der Waals surface area contributed by atoms with Gasteiger partial charge in [-0.2, -0.15) is 0 Å². The van der Waals surface area contributed by atoms with Gasteiger partial charge in [0.05, 0.1) is 7.11 Å². The predicted molar refractivity (Wildman–Crippen MR) is 92.1 cm³/mol. The lowest BCUT2D eigenvalue weighted by Gasteiger charge is -2.43. The summed E-state index contributed by atoms with van der Waals surface area (Å²) in [6.45, 7) is 0.990. The van der Waals surface area contributed by atoms with Gasteiger partial charge in [0.15, 0.2) is 0 Å². The second-order valence-electron chi connectivity index (χ2n) is 6.81. The summed E-state index contributed by atoms with van der Waals surface area (Å²) in [4.78, 5) is 5.95. The van der Waals surface area contributed by atoms with Crippen molar-refractivity contribution < 1.29 is 4.74 Å². The number of likely N-dealkylation sites (N-methyl/N-ethyl adjacent to an activating group) is 1. The topological polar surface area (TPSA) is 28.3 Å². The molecule has 5 rings (SSSR count). The van der Waals surface area contributed by atoms with Gasteiger partial charge in [-0.25, -0.2) is 0 Å². The zero-order valence-corrected chi connectivity index (χ0v) is 13.5. The molecule has 1 aliphatic heterocycles. The first-order chi connectivity index (χ1) is 11.3. The molecule has 1 aromatic heterocycles. The van der Waals surface area contributed by atoms with E-state index in [4.69, 9.17) is 4.74 Å². The van der Waals surface area contributed by atoms with E-state index in [2.05, 4.69) is 59.5 Å². The minimum atomic E-state index is 0.446. The van der Waals surface area contributed by atoms with Crippen molar-refractivity contribution in [3.05, 3.63) is 64.8 Å². The number of H-pyrrole nitrogens is 1. The van der Waals surface area contributed by atoms with Gasteiger partial charge in [0.2, 0.25) is 0 Å². The number of hydrogen-bond donors (Lipinski definition) is 1. The Kier molecular flexibility index (Phi) is 2.65. The standard InChI is InChI=1S/C20H20N2O/c1-22-11-13-8-14(23-2)6-7-15(13)20-16-4-3-5-17-19(16)12(10-21-17)9-18(20)22/h3-8,10,18,20-21H,9,11H2,1-2H3/t18-,20-/m0/s1. The van der Waals surface area contributed by atoms with Crippen LogP contribution in [-0.4, -0.2) is 30.1 Å². The Balaban J connectivity index is 1.77. The molecule has 0 fully saturated rings. The maximum atomic E-state index is 5.43. The first-order valence-electron chi connectivity index (χ1n) is 8.22. The SMILES string of the molecule is COc1ccc2c(c1)CN(C)[C@H]1Cc3c[nH]c4cccc(c34)[C@H]21. The van der Waals surface area contributed by atoms with Crippen molar-refractivity contribution in [1.29, 1.82) is 0 Å². The van der Waals surface area contributed by atoms with E-state index in [-0.39, 0.29) is 0 Å². The number of rotatable bonds is 1. The molecule has 0 unspecified atom stereocenters. The van der Waals surface area contributed by atoms with E-state index in [9.17, 15) is 0 Å². The second-order valence-corrected chi connectivity index (χ2v) is 6.81. The molecule has 2 heterocycles. The lowest BCUT2D eigenvalue weighted by Crippen LogP contribution is -2.44. The molecule has 0 saturated heterocycles. The van der Waals surface area contributed by atoms with Gasteiger partial charge in [-0.05, 0) is 53.9 Å². The molecule has 3 heteroatoms. The molecular weight excluding hydrogens is 284 g/mol. The highest BCUT2D eigenvalue weighted by Gasteiger charge is 2.38. The molecule has 23 heavy (non-hydrogen) atoms. The van der Waals surface area contributed by atoms with Crippen molar-refractivity contribution in [2.45, 2.75) is 24.9 Å². The van der Waals surface area contributed by atoms with E-state index in [0.717, 1.165) is 18.7 Å². The minimum absolute atomic E-state index is 0.446. The summed E-state index contributed by atoms with van der Waals surface area (Å²) in [6.07, 6.45) is 3.31. The number of fused-ring (bicyclic) bond motifs is 4. The molecule has 116 valence electrons. The zero-order chi connectivity index (χ0) is 15.6. The normalized spacial score (nSPS) is 22.7. The average molecular weight is 304 g/mol. The fourth-order valence-corrected chi connectivity index (χ4v) is 4.58. The molecule has 0 amide bonds. The van der Waals surface area contributed by atoms with E-state index in [0.29, 0.717) is 12.0 Å². The van der Waals surface area contributed by atoms with E-state index < -0.39 is 0 Å². The summed E-state index contributed by atoms with van der Waals surface area (Å²) >= 11 is 0. The monoisotopic (exact) mass is 304 g/mol. The molecule has 3 aromatic rings. The third-order valence-electron chi connectivity index (χ3n) is 5.64. The van der Waals surface area contributed by atoms with Gasteiger partial charge >= 0.3 is 0 Å². The Hall–Kier alpha value is -2.26. The van der Waals surface area contributed by atoms with Gasteiger partial charge in [-0.3, -0.25) is 4.90 Å². The van der Waals surface area contributed by atoms with Crippen molar-refractivity contribution in [3.8, 4) is 5.75 Å². The quantitative estimate of drug-likeness (QED) is 0.743. The van der Waals surface area contributed by atoms with Crippen molar-refractivity contribution in [1.82, 2.24) is 9.88 Å². The van der Waals surface area contributed by atoms with Gasteiger partial charge in [0, 0.05) is 35.6 Å². The van der Waals surface area contributed by atoms with Crippen molar-refractivity contribution >= 4 is 10.9 Å². The number of aromatic nitrogens is 1. The second kappa shape index (κ2) is 4.62. The highest BCUT2D eigenvalue weighted by Crippen LogP contribution is 2.46. The van der Waals surface area contributed by atoms with Crippen LogP contribution < -0.4 is 4.74 Å².